The second-order valence-corrected chi connectivity index (χ2v) is 8.06. The standard InChI is InChI=1S/C18H28N2O8/c1-3-20-10(21)8-18(16(20)26)4-6-19(7-5-18)17(27)28-15-13(24)11(22)9(2)12(23)14(15)25/h9,11-15,22-25H,3-8H2,1-2H3/t9-,11?,12?,13+,14?,15+/m0/s1. The Morgan fingerprint density at radius 2 is 1.61 bits per heavy atom. The average molecular weight is 400 g/mol. The monoisotopic (exact) mass is 400 g/mol. The van der Waals surface area contributed by atoms with E-state index in [4.69, 9.17) is 4.74 Å². The fourth-order valence-electron chi connectivity index (χ4n) is 4.43. The van der Waals surface area contributed by atoms with Gasteiger partial charge in [-0.05, 0) is 19.8 Å². The normalized spacial score (nSPS) is 38.2. The van der Waals surface area contributed by atoms with Gasteiger partial charge in [0.2, 0.25) is 11.8 Å². The quantitative estimate of drug-likeness (QED) is 0.407. The van der Waals surface area contributed by atoms with E-state index in [0.29, 0.717) is 19.4 Å². The Labute approximate surface area is 162 Å². The zero-order valence-electron chi connectivity index (χ0n) is 16.0. The highest BCUT2D eigenvalue weighted by molar-refractivity contribution is 6.06. The van der Waals surface area contributed by atoms with Gasteiger partial charge in [-0.1, -0.05) is 6.92 Å². The van der Waals surface area contributed by atoms with Crippen LogP contribution in [0.3, 0.4) is 0 Å². The molecule has 1 aliphatic carbocycles. The number of aliphatic hydroxyl groups excluding tert-OH is 4. The number of rotatable bonds is 2. The zero-order valence-corrected chi connectivity index (χ0v) is 16.0. The molecule has 6 atom stereocenters. The number of nitrogens with zero attached hydrogens (tertiary/aromatic N) is 2. The summed E-state index contributed by atoms with van der Waals surface area (Å²) in [5.41, 5.74) is -0.782. The molecule has 3 aliphatic rings. The van der Waals surface area contributed by atoms with Crippen molar-refractivity contribution in [3.8, 4) is 0 Å². The summed E-state index contributed by atoms with van der Waals surface area (Å²) in [7, 11) is 0. The molecule has 2 saturated heterocycles. The molecule has 10 heteroatoms. The van der Waals surface area contributed by atoms with Crippen LogP contribution in [-0.4, -0.2) is 98.3 Å². The highest BCUT2D eigenvalue weighted by Crippen LogP contribution is 2.42. The predicted molar refractivity (Wildman–Crippen MR) is 93.7 cm³/mol. The molecule has 3 unspecified atom stereocenters. The Bertz CT molecular complexity index is 631. The number of ether oxygens (including phenoxy) is 1. The molecule has 3 fully saturated rings. The smallest absolute Gasteiger partial charge is 0.410 e. The van der Waals surface area contributed by atoms with Gasteiger partial charge in [-0.25, -0.2) is 4.79 Å². The summed E-state index contributed by atoms with van der Waals surface area (Å²) >= 11 is 0. The molecule has 3 amide bonds. The van der Waals surface area contributed by atoms with Crippen molar-refractivity contribution in [3.05, 3.63) is 0 Å². The summed E-state index contributed by atoms with van der Waals surface area (Å²) in [6.07, 6.45) is -7.24. The SMILES string of the molecule is CCN1C(=O)CC2(CCN(C(=O)O[C@H]3C(O)C(O)[C@@H](C)C(O)[C@H]3O)CC2)C1=O. The number of aliphatic hydroxyl groups is 4. The number of hydrogen-bond acceptors (Lipinski definition) is 8. The largest absolute Gasteiger partial charge is 0.440 e. The first-order chi connectivity index (χ1) is 13.1. The Morgan fingerprint density at radius 1 is 1.07 bits per heavy atom. The average Bonchev–Trinajstić information content (AvgIpc) is 2.91. The van der Waals surface area contributed by atoms with E-state index in [1.807, 2.05) is 0 Å². The van der Waals surface area contributed by atoms with Crippen molar-refractivity contribution in [1.29, 1.82) is 0 Å². The molecule has 0 radical (unpaired) electrons. The van der Waals surface area contributed by atoms with Crippen LogP contribution in [-0.2, 0) is 14.3 Å². The molecular weight excluding hydrogens is 372 g/mol. The van der Waals surface area contributed by atoms with Crippen molar-refractivity contribution >= 4 is 17.9 Å². The van der Waals surface area contributed by atoms with E-state index in [1.54, 1.807) is 6.92 Å². The lowest BCUT2D eigenvalue weighted by Crippen LogP contribution is -2.62. The van der Waals surface area contributed by atoms with Gasteiger partial charge in [0.05, 0.1) is 17.6 Å². The summed E-state index contributed by atoms with van der Waals surface area (Å²) in [6.45, 7) is 3.92. The van der Waals surface area contributed by atoms with Gasteiger partial charge in [0.1, 0.15) is 12.2 Å². The van der Waals surface area contributed by atoms with Crippen molar-refractivity contribution in [3.63, 3.8) is 0 Å². The summed E-state index contributed by atoms with van der Waals surface area (Å²) in [5.74, 6) is -1.18. The van der Waals surface area contributed by atoms with Crippen LogP contribution in [0.4, 0.5) is 4.79 Å². The number of likely N-dealkylation sites (tertiary alicyclic amines) is 2. The van der Waals surface area contributed by atoms with E-state index >= 15 is 0 Å². The van der Waals surface area contributed by atoms with Gasteiger partial charge in [-0.15, -0.1) is 0 Å². The number of amides is 3. The number of carbonyl (C=O) groups is 3. The van der Waals surface area contributed by atoms with E-state index in [9.17, 15) is 34.8 Å². The molecule has 0 aromatic carbocycles. The summed E-state index contributed by atoms with van der Waals surface area (Å²) < 4.78 is 5.19. The van der Waals surface area contributed by atoms with Gasteiger partial charge in [-0.3, -0.25) is 14.5 Å². The Hall–Kier alpha value is -1.75. The minimum absolute atomic E-state index is 0.138. The van der Waals surface area contributed by atoms with Crippen LogP contribution in [0.2, 0.25) is 0 Å². The predicted octanol–water partition coefficient (Wildman–Crippen LogP) is -1.55. The third-order valence-electron chi connectivity index (χ3n) is 6.47. The molecule has 4 N–H and O–H groups in total. The van der Waals surface area contributed by atoms with E-state index in [1.165, 1.54) is 16.7 Å². The van der Waals surface area contributed by atoms with E-state index in [2.05, 4.69) is 0 Å². The van der Waals surface area contributed by atoms with Crippen LogP contribution in [0.15, 0.2) is 0 Å². The number of hydrogen-bond donors (Lipinski definition) is 4. The minimum Gasteiger partial charge on any atom is -0.440 e. The van der Waals surface area contributed by atoms with Crippen molar-refractivity contribution in [2.24, 2.45) is 11.3 Å². The molecule has 1 saturated carbocycles. The maximum Gasteiger partial charge on any atom is 0.410 e. The Morgan fingerprint density at radius 3 is 2.07 bits per heavy atom. The molecular formula is C18H28N2O8. The Kier molecular flexibility index (Phi) is 5.68. The molecule has 0 bridgehead atoms. The van der Waals surface area contributed by atoms with E-state index in [0.717, 1.165) is 0 Å². The van der Waals surface area contributed by atoms with Crippen molar-refractivity contribution in [1.82, 2.24) is 9.80 Å². The van der Waals surface area contributed by atoms with Gasteiger partial charge >= 0.3 is 6.09 Å². The summed E-state index contributed by atoms with van der Waals surface area (Å²) in [5, 5.41) is 40.2. The minimum atomic E-state index is -1.53. The van der Waals surface area contributed by atoms with Gasteiger partial charge in [0.15, 0.2) is 6.10 Å². The van der Waals surface area contributed by atoms with Crippen LogP contribution >= 0.6 is 0 Å². The van der Waals surface area contributed by atoms with Gasteiger partial charge in [0.25, 0.3) is 0 Å². The maximum atomic E-state index is 12.6. The topological polar surface area (TPSA) is 148 Å². The van der Waals surface area contributed by atoms with Crippen molar-refractivity contribution < 1.29 is 39.5 Å². The fourth-order valence-corrected chi connectivity index (χ4v) is 4.43. The first kappa shape index (κ1) is 21.0. The van der Waals surface area contributed by atoms with Crippen molar-refractivity contribution in [2.75, 3.05) is 19.6 Å². The lowest BCUT2D eigenvalue weighted by Gasteiger charge is -2.43. The summed E-state index contributed by atoms with van der Waals surface area (Å²) in [4.78, 5) is 39.6. The summed E-state index contributed by atoms with van der Waals surface area (Å²) in [6, 6.07) is 0. The molecule has 2 heterocycles. The van der Waals surface area contributed by atoms with Crippen LogP contribution in [0.5, 0.6) is 0 Å². The van der Waals surface area contributed by atoms with Crippen LogP contribution in [0.1, 0.15) is 33.1 Å². The first-order valence-corrected chi connectivity index (χ1v) is 9.65. The molecule has 2 aliphatic heterocycles. The van der Waals surface area contributed by atoms with E-state index < -0.39 is 47.9 Å². The van der Waals surface area contributed by atoms with E-state index in [-0.39, 0.29) is 31.3 Å². The maximum absolute atomic E-state index is 12.6. The molecule has 1 spiro atoms. The van der Waals surface area contributed by atoms with Gasteiger partial charge < -0.3 is 30.1 Å². The molecule has 0 aromatic rings. The highest BCUT2D eigenvalue weighted by Gasteiger charge is 2.53. The lowest BCUT2D eigenvalue weighted by atomic mass is 9.77. The number of carbonyl (C=O) groups excluding carboxylic acids is 3. The first-order valence-electron chi connectivity index (χ1n) is 9.65. The third-order valence-corrected chi connectivity index (χ3v) is 6.47. The van der Waals surface area contributed by atoms with Gasteiger partial charge in [0, 0.05) is 32.0 Å². The second-order valence-electron chi connectivity index (χ2n) is 8.06. The highest BCUT2D eigenvalue weighted by atomic mass is 16.6. The van der Waals surface area contributed by atoms with Crippen LogP contribution in [0.25, 0.3) is 0 Å². The zero-order chi connectivity index (χ0) is 20.8. The molecule has 28 heavy (non-hydrogen) atoms. The number of piperidine rings is 1. The molecule has 158 valence electrons. The van der Waals surface area contributed by atoms with Crippen molar-refractivity contribution in [2.45, 2.75) is 63.6 Å². The lowest BCUT2D eigenvalue weighted by molar-refractivity contribution is -0.202. The molecule has 3 rings (SSSR count). The molecule has 10 nitrogen and oxygen atoms in total. The van der Waals surface area contributed by atoms with Crippen LogP contribution < -0.4 is 0 Å². The Balaban J connectivity index is 1.62. The molecule has 0 aromatic heterocycles. The number of imide groups is 1. The van der Waals surface area contributed by atoms with Crippen LogP contribution in [0, 0.1) is 11.3 Å². The third kappa shape index (κ3) is 3.28. The fraction of sp³-hybridized carbons (Fsp3) is 0.833. The van der Waals surface area contributed by atoms with Gasteiger partial charge in [-0.2, -0.15) is 0 Å². The second kappa shape index (κ2) is 7.58.